The minimum atomic E-state index is -3.65. The van der Waals surface area contributed by atoms with Gasteiger partial charge in [0.25, 0.3) is 0 Å². The van der Waals surface area contributed by atoms with Crippen LogP contribution < -0.4 is 9.46 Å². The zero-order valence-corrected chi connectivity index (χ0v) is 11.3. The van der Waals surface area contributed by atoms with Crippen molar-refractivity contribution in [2.45, 2.75) is 29.9 Å². The van der Waals surface area contributed by atoms with Crippen LogP contribution in [0.1, 0.15) is 12.8 Å². The van der Waals surface area contributed by atoms with Crippen LogP contribution in [0.5, 0.6) is 5.75 Å². The van der Waals surface area contributed by atoms with Gasteiger partial charge in [0.15, 0.2) is 0 Å². The fourth-order valence-corrected chi connectivity index (χ4v) is 3.41. The molecular formula is C11H14ClNO4S. The summed E-state index contributed by atoms with van der Waals surface area (Å²) in [6.07, 6.45) is 0.467. The molecule has 1 aliphatic carbocycles. The summed E-state index contributed by atoms with van der Waals surface area (Å²) in [5.74, 6) is 0.204. The van der Waals surface area contributed by atoms with E-state index in [1.807, 2.05) is 0 Å². The molecule has 7 heteroatoms. The van der Waals surface area contributed by atoms with Crippen molar-refractivity contribution < 1.29 is 18.3 Å². The van der Waals surface area contributed by atoms with Crippen LogP contribution in [0, 0.1) is 0 Å². The lowest BCUT2D eigenvalue weighted by Crippen LogP contribution is -2.46. The molecule has 18 heavy (non-hydrogen) atoms. The Bertz CT molecular complexity index is 540. The van der Waals surface area contributed by atoms with E-state index in [4.69, 9.17) is 21.4 Å². The molecular weight excluding hydrogens is 278 g/mol. The molecule has 0 bridgehead atoms. The van der Waals surface area contributed by atoms with E-state index in [1.165, 1.54) is 25.3 Å². The Morgan fingerprint density at radius 3 is 2.67 bits per heavy atom. The fourth-order valence-electron chi connectivity index (χ4n) is 1.83. The number of aliphatic hydroxyl groups excluding tert-OH is 1. The van der Waals surface area contributed by atoms with Gasteiger partial charge in [-0.05, 0) is 25.0 Å². The van der Waals surface area contributed by atoms with Crippen molar-refractivity contribution >= 4 is 21.6 Å². The Morgan fingerprint density at radius 1 is 1.44 bits per heavy atom. The number of hydrogen-bond donors (Lipinski definition) is 2. The van der Waals surface area contributed by atoms with Crippen LogP contribution in [-0.4, -0.2) is 32.8 Å². The second kappa shape index (κ2) is 5.05. The number of sulfonamides is 1. The maximum absolute atomic E-state index is 12.1. The summed E-state index contributed by atoms with van der Waals surface area (Å²) in [4.78, 5) is 0.0517. The lowest BCUT2D eigenvalue weighted by molar-refractivity contribution is 0.0712. The van der Waals surface area contributed by atoms with Gasteiger partial charge in [-0.15, -0.1) is 0 Å². The van der Waals surface area contributed by atoms with Crippen LogP contribution in [0.2, 0.25) is 5.02 Å². The van der Waals surface area contributed by atoms with Crippen LogP contribution in [0.3, 0.4) is 0 Å². The van der Waals surface area contributed by atoms with E-state index in [0.29, 0.717) is 17.9 Å². The Kier molecular flexibility index (Phi) is 3.82. The Balaban J connectivity index is 2.24. The Morgan fingerprint density at radius 2 is 2.11 bits per heavy atom. The highest BCUT2D eigenvalue weighted by molar-refractivity contribution is 7.89. The van der Waals surface area contributed by atoms with Crippen molar-refractivity contribution in [3.8, 4) is 5.75 Å². The molecule has 0 radical (unpaired) electrons. The maximum Gasteiger partial charge on any atom is 0.244 e. The molecule has 0 saturated heterocycles. The molecule has 0 spiro atoms. The first-order valence-electron chi connectivity index (χ1n) is 5.46. The number of nitrogens with one attached hydrogen (secondary N) is 1. The predicted octanol–water partition coefficient (Wildman–Crippen LogP) is 1.15. The molecule has 2 N–H and O–H groups in total. The second-order valence-corrected chi connectivity index (χ2v) is 6.36. The van der Waals surface area contributed by atoms with Gasteiger partial charge in [-0.25, -0.2) is 13.1 Å². The molecule has 1 saturated carbocycles. The molecule has 0 atom stereocenters. The number of rotatable bonds is 4. The zero-order valence-electron chi connectivity index (χ0n) is 9.76. The van der Waals surface area contributed by atoms with E-state index < -0.39 is 16.1 Å². The van der Waals surface area contributed by atoms with Gasteiger partial charge in [0.1, 0.15) is 10.6 Å². The van der Waals surface area contributed by atoms with Crippen LogP contribution in [-0.2, 0) is 10.0 Å². The van der Waals surface area contributed by atoms with Crippen molar-refractivity contribution in [3.63, 3.8) is 0 Å². The summed E-state index contributed by atoms with van der Waals surface area (Å²) < 4.78 is 31.8. The van der Waals surface area contributed by atoms with E-state index in [9.17, 15) is 8.42 Å². The van der Waals surface area contributed by atoms with Crippen LogP contribution in [0.25, 0.3) is 0 Å². The molecule has 0 heterocycles. The van der Waals surface area contributed by atoms with Crippen LogP contribution in [0.15, 0.2) is 23.1 Å². The number of aliphatic hydroxyl groups is 1. The van der Waals surface area contributed by atoms with Crippen molar-refractivity contribution in [1.82, 2.24) is 4.72 Å². The highest BCUT2D eigenvalue weighted by Crippen LogP contribution is 2.29. The summed E-state index contributed by atoms with van der Waals surface area (Å²) in [6, 6.07) is 4.13. The molecule has 2 rings (SSSR count). The van der Waals surface area contributed by atoms with Crippen molar-refractivity contribution in [1.29, 1.82) is 0 Å². The number of halogens is 1. The van der Waals surface area contributed by atoms with E-state index in [1.54, 1.807) is 0 Å². The van der Waals surface area contributed by atoms with E-state index in [0.717, 1.165) is 0 Å². The normalized spacial score (nSPS) is 23.5. The van der Waals surface area contributed by atoms with Gasteiger partial charge in [-0.3, -0.25) is 0 Å². The maximum atomic E-state index is 12.1. The molecule has 100 valence electrons. The standard InChI is InChI=1S/C11H14ClNO4S/c1-17-10-4-7(12)2-3-11(10)18(15,16)13-8-5-9(14)6-8/h2-4,8-9,13-14H,5-6H2,1H3. The Hall–Kier alpha value is -0.820. The minimum absolute atomic E-state index is 0.0517. The molecule has 0 unspecified atom stereocenters. The first kappa shape index (κ1) is 13.6. The van der Waals surface area contributed by atoms with Crippen LogP contribution >= 0.6 is 11.6 Å². The molecule has 1 aromatic rings. The highest BCUT2D eigenvalue weighted by Gasteiger charge is 2.32. The van der Waals surface area contributed by atoms with Gasteiger partial charge in [0.2, 0.25) is 10.0 Å². The van der Waals surface area contributed by atoms with Gasteiger partial charge >= 0.3 is 0 Å². The number of ether oxygens (including phenoxy) is 1. The quantitative estimate of drug-likeness (QED) is 0.872. The summed E-state index contributed by atoms with van der Waals surface area (Å²) in [6.45, 7) is 0. The van der Waals surface area contributed by atoms with Crippen molar-refractivity contribution in [3.05, 3.63) is 23.2 Å². The van der Waals surface area contributed by atoms with E-state index >= 15 is 0 Å². The minimum Gasteiger partial charge on any atom is -0.495 e. The van der Waals surface area contributed by atoms with Gasteiger partial charge in [-0.2, -0.15) is 0 Å². The van der Waals surface area contributed by atoms with Gasteiger partial charge in [0, 0.05) is 17.1 Å². The average Bonchev–Trinajstić information content (AvgIpc) is 2.26. The summed E-state index contributed by atoms with van der Waals surface area (Å²) in [5, 5.41) is 9.55. The third kappa shape index (κ3) is 2.77. The lowest BCUT2D eigenvalue weighted by atomic mass is 9.91. The Labute approximate surface area is 111 Å². The predicted molar refractivity (Wildman–Crippen MR) is 67.4 cm³/mol. The van der Waals surface area contributed by atoms with Crippen LogP contribution in [0.4, 0.5) is 0 Å². The molecule has 0 aliphatic heterocycles. The van der Waals surface area contributed by atoms with E-state index in [-0.39, 0.29) is 16.7 Å². The average molecular weight is 292 g/mol. The van der Waals surface area contributed by atoms with Gasteiger partial charge < -0.3 is 9.84 Å². The number of methoxy groups -OCH3 is 1. The fraction of sp³-hybridized carbons (Fsp3) is 0.455. The molecule has 5 nitrogen and oxygen atoms in total. The molecule has 0 amide bonds. The number of hydrogen-bond acceptors (Lipinski definition) is 4. The summed E-state index contributed by atoms with van der Waals surface area (Å²) in [5.41, 5.74) is 0. The highest BCUT2D eigenvalue weighted by atomic mass is 35.5. The number of benzene rings is 1. The SMILES string of the molecule is COc1cc(Cl)ccc1S(=O)(=O)NC1CC(O)C1. The van der Waals surface area contributed by atoms with Gasteiger partial charge in [-0.1, -0.05) is 11.6 Å². The first-order chi connectivity index (χ1) is 8.42. The van der Waals surface area contributed by atoms with Crippen molar-refractivity contribution in [2.24, 2.45) is 0 Å². The molecule has 1 fully saturated rings. The third-order valence-electron chi connectivity index (χ3n) is 2.85. The third-order valence-corrected chi connectivity index (χ3v) is 4.65. The summed E-state index contributed by atoms with van der Waals surface area (Å²) >= 11 is 5.78. The lowest BCUT2D eigenvalue weighted by Gasteiger charge is -2.31. The second-order valence-electron chi connectivity index (χ2n) is 4.24. The molecule has 1 aromatic carbocycles. The zero-order chi connectivity index (χ0) is 13.3. The summed E-state index contributed by atoms with van der Waals surface area (Å²) in [7, 11) is -2.26. The largest absolute Gasteiger partial charge is 0.495 e. The van der Waals surface area contributed by atoms with Gasteiger partial charge in [0.05, 0.1) is 13.2 Å². The van der Waals surface area contributed by atoms with Crippen molar-refractivity contribution in [2.75, 3.05) is 7.11 Å². The molecule has 1 aliphatic rings. The monoisotopic (exact) mass is 291 g/mol. The topological polar surface area (TPSA) is 75.6 Å². The van der Waals surface area contributed by atoms with E-state index in [2.05, 4.69) is 4.72 Å². The molecule has 0 aromatic heterocycles. The first-order valence-corrected chi connectivity index (χ1v) is 7.32. The smallest absolute Gasteiger partial charge is 0.244 e.